The summed E-state index contributed by atoms with van der Waals surface area (Å²) in [6.45, 7) is 10.3. The average molecular weight is 263 g/mol. The Morgan fingerprint density at radius 1 is 1.29 bits per heavy atom. The van der Waals surface area contributed by atoms with Gasteiger partial charge >= 0.3 is 0 Å². The van der Waals surface area contributed by atoms with Crippen molar-refractivity contribution in [2.75, 3.05) is 13.1 Å². The second-order valence-electron chi connectivity index (χ2n) is 5.79. The first-order chi connectivity index (χ1) is 7.41. The zero-order valence-electron chi connectivity index (χ0n) is 11.5. The Hall–Kier alpha value is -0.280. The molecule has 2 N–H and O–H groups in total. The van der Waals surface area contributed by atoms with Gasteiger partial charge in [0.15, 0.2) is 0 Å². The lowest BCUT2D eigenvalue weighted by Crippen LogP contribution is -2.47. The van der Waals surface area contributed by atoms with Gasteiger partial charge in [0.25, 0.3) is 0 Å². The third-order valence-electron chi connectivity index (χ3n) is 3.54. The number of hydrogen-bond donors (Lipinski definition) is 1. The highest BCUT2D eigenvalue weighted by molar-refractivity contribution is 5.85. The zero-order valence-corrected chi connectivity index (χ0v) is 12.3. The number of amides is 1. The van der Waals surface area contributed by atoms with Crippen LogP contribution in [-0.2, 0) is 4.79 Å². The fourth-order valence-electron chi connectivity index (χ4n) is 2.42. The molecule has 3 atom stereocenters. The van der Waals surface area contributed by atoms with Crippen molar-refractivity contribution in [2.45, 2.75) is 46.6 Å². The molecule has 1 fully saturated rings. The van der Waals surface area contributed by atoms with Crippen LogP contribution in [0.3, 0.4) is 0 Å². The summed E-state index contributed by atoms with van der Waals surface area (Å²) in [4.78, 5) is 14.1. The van der Waals surface area contributed by atoms with Gasteiger partial charge in [-0.25, -0.2) is 0 Å². The van der Waals surface area contributed by atoms with E-state index in [9.17, 15) is 4.79 Å². The largest absolute Gasteiger partial charge is 0.341 e. The Kier molecular flexibility index (Phi) is 7.10. The topological polar surface area (TPSA) is 46.3 Å². The summed E-state index contributed by atoms with van der Waals surface area (Å²) in [6, 6.07) is -0.333. The summed E-state index contributed by atoms with van der Waals surface area (Å²) in [5, 5.41) is 0. The molecule has 4 heteroatoms. The van der Waals surface area contributed by atoms with Crippen molar-refractivity contribution in [3.8, 4) is 0 Å². The van der Waals surface area contributed by atoms with Crippen LogP contribution in [-0.4, -0.2) is 29.9 Å². The Morgan fingerprint density at radius 3 is 2.41 bits per heavy atom. The number of nitrogens with two attached hydrogens (primary N) is 1. The predicted octanol–water partition coefficient (Wildman–Crippen LogP) is 2.29. The second kappa shape index (κ2) is 7.22. The molecule has 0 aromatic rings. The molecule has 1 amide bonds. The predicted molar refractivity (Wildman–Crippen MR) is 74.2 cm³/mol. The molecule has 1 heterocycles. The standard InChI is InChI=1S/C13H26N2O.ClH/c1-9(2)12(14)13(16)15-6-5-10(3)7-11(4)8-15;/h9-12H,5-8,14H2,1-4H3;1H/t10?,11?,12-;/m0./s1. The Balaban J connectivity index is 0.00000256. The molecule has 2 unspecified atom stereocenters. The number of carbonyl (C=O) groups excluding carboxylic acids is 1. The highest BCUT2D eigenvalue weighted by atomic mass is 35.5. The molecule has 0 spiro atoms. The smallest absolute Gasteiger partial charge is 0.239 e. The third kappa shape index (κ3) is 4.84. The van der Waals surface area contributed by atoms with E-state index < -0.39 is 0 Å². The molecule has 1 aliphatic heterocycles. The van der Waals surface area contributed by atoms with Crippen LogP contribution in [0.1, 0.15) is 40.5 Å². The molecule has 102 valence electrons. The number of likely N-dealkylation sites (tertiary alicyclic amines) is 1. The van der Waals surface area contributed by atoms with Crippen molar-refractivity contribution in [2.24, 2.45) is 23.5 Å². The van der Waals surface area contributed by atoms with E-state index in [4.69, 9.17) is 5.73 Å². The molecule has 0 aromatic heterocycles. The van der Waals surface area contributed by atoms with Crippen LogP contribution in [0.2, 0.25) is 0 Å². The Labute approximate surface area is 112 Å². The first-order valence-corrected chi connectivity index (χ1v) is 6.46. The van der Waals surface area contributed by atoms with E-state index in [0.717, 1.165) is 25.4 Å². The molecule has 0 saturated carbocycles. The van der Waals surface area contributed by atoms with Gasteiger partial charge in [-0.05, 0) is 30.6 Å². The molecular formula is C13H27ClN2O. The van der Waals surface area contributed by atoms with Gasteiger partial charge < -0.3 is 10.6 Å². The molecule has 0 radical (unpaired) electrons. The third-order valence-corrected chi connectivity index (χ3v) is 3.54. The normalized spacial score (nSPS) is 27.3. The molecule has 0 aliphatic carbocycles. The average Bonchev–Trinajstić information content (AvgIpc) is 2.37. The van der Waals surface area contributed by atoms with Crippen LogP contribution >= 0.6 is 12.4 Å². The molecule has 1 rings (SSSR count). The van der Waals surface area contributed by atoms with E-state index in [1.165, 1.54) is 6.42 Å². The number of nitrogens with zero attached hydrogens (tertiary/aromatic N) is 1. The van der Waals surface area contributed by atoms with Crippen LogP contribution in [0, 0.1) is 17.8 Å². The van der Waals surface area contributed by atoms with E-state index in [1.54, 1.807) is 0 Å². The first kappa shape index (κ1) is 16.7. The lowest BCUT2D eigenvalue weighted by molar-refractivity contribution is -0.133. The maximum absolute atomic E-state index is 12.1. The Bertz CT molecular complexity index is 246. The lowest BCUT2D eigenvalue weighted by atomic mass is 9.97. The minimum atomic E-state index is -0.333. The zero-order chi connectivity index (χ0) is 12.3. The maximum Gasteiger partial charge on any atom is 0.239 e. The van der Waals surface area contributed by atoms with Gasteiger partial charge in [0.05, 0.1) is 6.04 Å². The van der Waals surface area contributed by atoms with E-state index in [2.05, 4.69) is 13.8 Å². The number of carbonyl (C=O) groups is 1. The summed E-state index contributed by atoms with van der Waals surface area (Å²) in [5.74, 6) is 1.68. The SMILES string of the molecule is CC1CCN(C(=O)[C@@H](N)C(C)C)CC(C)C1.Cl. The lowest BCUT2D eigenvalue weighted by Gasteiger charge is -2.27. The minimum absolute atomic E-state index is 0. The van der Waals surface area contributed by atoms with E-state index in [1.807, 2.05) is 18.7 Å². The summed E-state index contributed by atoms with van der Waals surface area (Å²) >= 11 is 0. The summed E-state index contributed by atoms with van der Waals surface area (Å²) in [5.41, 5.74) is 5.93. The van der Waals surface area contributed by atoms with Gasteiger partial charge in [0, 0.05) is 13.1 Å². The van der Waals surface area contributed by atoms with Gasteiger partial charge in [-0.15, -0.1) is 12.4 Å². The maximum atomic E-state index is 12.1. The first-order valence-electron chi connectivity index (χ1n) is 6.46. The van der Waals surface area contributed by atoms with Crippen LogP contribution in [0.15, 0.2) is 0 Å². The molecule has 17 heavy (non-hydrogen) atoms. The summed E-state index contributed by atoms with van der Waals surface area (Å²) in [6.07, 6.45) is 2.33. The Morgan fingerprint density at radius 2 is 1.88 bits per heavy atom. The van der Waals surface area contributed by atoms with Crippen molar-refractivity contribution in [3.05, 3.63) is 0 Å². The monoisotopic (exact) mass is 262 g/mol. The van der Waals surface area contributed by atoms with Crippen molar-refractivity contribution in [1.29, 1.82) is 0 Å². The number of halogens is 1. The van der Waals surface area contributed by atoms with Crippen molar-refractivity contribution >= 4 is 18.3 Å². The highest BCUT2D eigenvalue weighted by Crippen LogP contribution is 2.22. The number of hydrogen-bond acceptors (Lipinski definition) is 2. The molecule has 1 aliphatic rings. The summed E-state index contributed by atoms with van der Waals surface area (Å²) < 4.78 is 0. The fraction of sp³-hybridized carbons (Fsp3) is 0.923. The fourth-order valence-corrected chi connectivity index (χ4v) is 2.42. The molecular weight excluding hydrogens is 236 g/mol. The van der Waals surface area contributed by atoms with Gasteiger partial charge in [0.2, 0.25) is 5.91 Å². The molecule has 1 saturated heterocycles. The second-order valence-corrected chi connectivity index (χ2v) is 5.79. The van der Waals surface area contributed by atoms with Gasteiger partial charge in [0.1, 0.15) is 0 Å². The van der Waals surface area contributed by atoms with Crippen LogP contribution in [0.25, 0.3) is 0 Å². The van der Waals surface area contributed by atoms with Crippen molar-refractivity contribution < 1.29 is 4.79 Å². The molecule has 3 nitrogen and oxygen atoms in total. The quantitative estimate of drug-likeness (QED) is 0.830. The molecule has 0 bridgehead atoms. The van der Waals surface area contributed by atoms with E-state index in [0.29, 0.717) is 5.92 Å². The summed E-state index contributed by atoms with van der Waals surface area (Å²) in [7, 11) is 0. The van der Waals surface area contributed by atoms with Gasteiger partial charge in [-0.1, -0.05) is 27.7 Å². The van der Waals surface area contributed by atoms with Crippen molar-refractivity contribution in [3.63, 3.8) is 0 Å². The molecule has 0 aromatic carbocycles. The van der Waals surface area contributed by atoms with Gasteiger partial charge in [-0.3, -0.25) is 4.79 Å². The van der Waals surface area contributed by atoms with E-state index in [-0.39, 0.29) is 30.3 Å². The van der Waals surface area contributed by atoms with E-state index >= 15 is 0 Å². The van der Waals surface area contributed by atoms with Crippen molar-refractivity contribution in [1.82, 2.24) is 4.90 Å². The number of rotatable bonds is 2. The minimum Gasteiger partial charge on any atom is -0.341 e. The van der Waals surface area contributed by atoms with Crippen LogP contribution in [0.5, 0.6) is 0 Å². The van der Waals surface area contributed by atoms with Gasteiger partial charge in [-0.2, -0.15) is 0 Å². The van der Waals surface area contributed by atoms with Crippen LogP contribution in [0.4, 0.5) is 0 Å². The highest BCUT2D eigenvalue weighted by Gasteiger charge is 2.27. The van der Waals surface area contributed by atoms with Crippen LogP contribution < -0.4 is 5.73 Å².